The van der Waals surface area contributed by atoms with Gasteiger partial charge in [-0.2, -0.15) is 0 Å². The molecule has 1 amide bonds. The monoisotopic (exact) mass is 358 g/mol. The molecule has 0 N–H and O–H groups in total. The second-order valence-corrected chi connectivity index (χ2v) is 6.22. The summed E-state index contributed by atoms with van der Waals surface area (Å²) in [6.45, 7) is 3.37. The summed E-state index contributed by atoms with van der Waals surface area (Å²) in [5.74, 6) is 0.289. The summed E-state index contributed by atoms with van der Waals surface area (Å²) in [5.41, 5.74) is 1.14. The molecule has 1 fully saturated rings. The summed E-state index contributed by atoms with van der Waals surface area (Å²) >= 11 is 9.41. The van der Waals surface area contributed by atoms with Crippen LogP contribution in [0.3, 0.4) is 0 Å². The molecule has 1 aromatic carbocycles. The van der Waals surface area contributed by atoms with E-state index in [-0.39, 0.29) is 5.91 Å². The molecule has 0 radical (unpaired) electrons. The van der Waals surface area contributed by atoms with Crippen LogP contribution in [0.2, 0.25) is 5.02 Å². The van der Waals surface area contributed by atoms with Crippen molar-refractivity contribution in [3.8, 4) is 0 Å². The molecule has 0 spiro atoms. The zero-order valence-electron chi connectivity index (χ0n) is 11.5. The van der Waals surface area contributed by atoms with Crippen LogP contribution in [-0.2, 0) is 4.79 Å². The van der Waals surface area contributed by atoms with Crippen LogP contribution in [0.1, 0.15) is 19.3 Å². The van der Waals surface area contributed by atoms with E-state index in [1.807, 2.05) is 23.1 Å². The highest BCUT2D eigenvalue weighted by Crippen LogP contribution is 2.21. The number of anilines is 1. The average Bonchev–Trinajstić information content (AvgIpc) is 2.47. The Balaban J connectivity index is 1.81. The van der Waals surface area contributed by atoms with Crippen LogP contribution in [0.4, 0.5) is 5.69 Å². The van der Waals surface area contributed by atoms with Crippen molar-refractivity contribution in [1.82, 2.24) is 4.90 Å². The number of amides is 1. The fraction of sp³-hybridized carbons (Fsp3) is 0.533. The van der Waals surface area contributed by atoms with Crippen LogP contribution in [-0.4, -0.2) is 42.3 Å². The van der Waals surface area contributed by atoms with E-state index in [0.717, 1.165) is 55.1 Å². The molecule has 0 saturated carbocycles. The summed E-state index contributed by atoms with van der Waals surface area (Å²) in [6, 6.07) is 7.90. The van der Waals surface area contributed by atoms with Gasteiger partial charge in [0, 0.05) is 48.6 Å². The van der Waals surface area contributed by atoms with Crippen molar-refractivity contribution < 1.29 is 4.79 Å². The first-order valence-electron chi connectivity index (χ1n) is 7.05. The number of nitrogens with zero attached hydrogens (tertiary/aromatic N) is 2. The summed E-state index contributed by atoms with van der Waals surface area (Å²) in [6.07, 6.45) is 2.70. The Kier molecular flexibility index (Phi) is 6.17. The van der Waals surface area contributed by atoms with Gasteiger partial charge in [-0.3, -0.25) is 4.79 Å². The molecule has 1 aromatic rings. The number of halogens is 2. The van der Waals surface area contributed by atoms with Gasteiger partial charge in [-0.1, -0.05) is 33.6 Å². The fourth-order valence-corrected chi connectivity index (χ4v) is 3.00. The summed E-state index contributed by atoms with van der Waals surface area (Å²) in [5, 5.41) is 1.74. The highest BCUT2D eigenvalue weighted by molar-refractivity contribution is 9.09. The first-order valence-corrected chi connectivity index (χ1v) is 8.55. The van der Waals surface area contributed by atoms with Gasteiger partial charge in [0.2, 0.25) is 5.91 Å². The maximum atomic E-state index is 12.0. The zero-order chi connectivity index (χ0) is 14.4. The summed E-state index contributed by atoms with van der Waals surface area (Å²) in [7, 11) is 0. The van der Waals surface area contributed by atoms with Crippen LogP contribution in [0.25, 0.3) is 0 Å². The Hall–Kier alpha value is -0.740. The number of piperazine rings is 1. The van der Waals surface area contributed by atoms with E-state index in [4.69, 9.17) is 11.6 Å². The van der Waals surface area contributed by atoms with Crippen molar-refractivity contribution >= 4 is 39.1 Å². The minimum Gasteiger partial charge on any atom is -0.368 e. The van der Waals surface area contributed by atoms with Gasteiger partial charge < -0.3 is 9.80 Å². The number of hydrogen-bond acceptors (Lipinski definition) is 2. The highest BCUT2D eigenvalue weighted by Gasteiger charge is 2.20. The summed E-state index contributed by atoms with van der Waals surface area (Å²) in [4.78, 5) is 16.3. The highest BCUT2D eigenvalue weighted by atomic mass is 79.9. The number of alkyl halides is 1. The van der Waals surface area contributed by atoms with Crippen molar-refractivity contribution in [3.63, 3.8) is 0 Å². The fourth-order valence-electron chi connectivity index (χ4n) is 2.42. The first kappa shape index (κ1) is 15.6. The molecule has 0 aromatic heterocycles. The van der Waals surface area contributed by atoms with Gasteiger partial charge in [0.05, 0.1) is 0 Å². The molecule has 3 nitrogen and oxygen atoms in total. The van der Waals surface area contributed by atoms with Gasteiger partial charge in [-0.05, 0) is 31.0 Å². The quantitative estimate of drug-likeness (QED) is 0.593. The molecular weight excluding hydrogens is 340 g/mol. The molecular formula is C15H20BrClN2O. The molecule has 0 unspecified atom stereocenters. The van der Waals surface area contributed by atoms with Gasteiger partial charge in [0.15, 0.2) is 0 Å². The van der Waals surface area contributed by atoms with Crippen molar-refractivity contribution in [2.24, 2.45) is 0 Å². The average molecular weight is 360 g/mol. The van der Waals surface area contributed by atoms with Crippen molar-refractivity contribution in [2.45, 2.75) is 19.3 Å². The van der Waals surface area contributed by atoms with E-state index in [2.05, 4.69) is 26.9 Å². The van der Waals surface area contributed by atoms with Gasteiger partial charge in [-0.25, -0.2) is 0 Å². The Morgan fingerprint density at radius 2 is 1.95 bits per heavy atom. The van der Waals surface area contributed by atoms with Crippen molar-refractivity contribution in [2.75, 3.05) is 36.4 Å². The van der Waals surface area contributed by atoms with Crippen molar-refractivity contribution in [1.29, 1.82) is 0 Å². The van der Waals surface area contributed by atoms with E-state index in [1.54, 1.807) is 0 Å². The molecule has 1 aliphatic heterocycles. The third kappa shape index (κ3) is 4.38. The van der Waals surface area contributed by atoms with Gasteiger partial charge >= 0.3 is 0 Å². The Morgan fingerprint density at radius 1 is 1.20 bits per heavy atom. The van der Waals surface area contributed by atoms with E-state index in [1.165, 1.54) is 0 Å². The minimum atomic E-state index is 0.289. The molecule has 1 heterocycles. The van der Waals surface area contributed by atoms with Crippen LogP contribution >= 0.6 is 27.5 Å². The molecule has 110 valence electrons. The van der Waals surface area contributed by atoms with E-state index < -0.39 is 0 Å². The number of hydrogen-bond donors (Lipinski definition) is 0. The second-order valence-electron chi connectivity index (χ2n) is 4.99. The van der Waals surface area contributed by atoms with E-state index >= 15 is 0 Å². The molecule has 0 aliphatic carbocycles. The molecule has 0 bridgehead atoms. The molecule has 5 heteroatoms. The van der Waals surface area contributed by atoms with E-state index in [9.17, 15) is 4.79 Å². The topological polar surface area (TPSA) is 23.6 Å². The van der Waals surface area contributed by atoms with Gasteiger partial charge in [0.25, 0.3) is 0 Å². The molecule has 1 aliphatic rings. The minimum absolute atomic E-state index is 0.289. The van der Waals surface area contributed by atoms with Crippen LogP contribution in [0.5, 0.6) is 0 Å². The maximum Gasteiger partial charge on any atom is 0.222 e. The lowest BCUT2D eigenvalue weighted by Crippen LogP contribution is -2.48. The van der Waals surface area contributed by atoms with Crippen LogP contribution < -0.4 is 4.90 Å². The first-order chi connectivity index (χ1) is 9.70. The Bertz CT molecular complexity index is 447. The second kappa shape index (κ2) is 7.89. The maximum absolute atomic E-state index is 12.0. The molecule has 1 saturated heterocycles. The molecule has 2 rings (SSSR count). The largest absolute Gasteiger partial charge is 0.368 e. The van der Waals surface area contributed by atoms with Gasteiger partial charge in [0.1, 0.15) is 0 Å². The predicted octanol–water partition coefficient (Wildman–Crippen LogP) is 3.55. The molecule has 20 heavy (non-hydrogen) atoms. The lowest BCUT2D eigenvalue weighted by Gasteiger charge is -2.36. The predicted molar refractivity (Wildman–Crippen MR) is 87.9 cm³/mol. The van der Waals surface area contributed by atoms with Gasteiger partial charge in [-0.15, -0.1) is 0 Å². The number of benzene rings is 1. The lowest BCUT2D eigenvalue weighted by molar-refractivity contribution is -0.131. The standard InChI is InChI=1S/C15H20BrClN2O/c16-7-2-1-6-15(20)19-10-8-18(9-11-19)14-5-3-4-13(17)12-14/h3-5,12H,1-2,6-11H2. The smallest absolute Gasteiger partial charge is 0.222 e. The van der Waals surface area contributed by atoms with Crippen LogP contribution in [0, 0.1) is 0 Å². The zero-order valence-corrected chi connectivity index (χ0v) is 13.9. The number of carbonyl (C=O) groups is 1. The summed E-state index contributed by atoms with van der Waals surface area (Å²) < 4.78 is 0. The van der Waals surface area contributed by atoms with Crippen LogP contribution in [0.15, 0.2) is 24.3 Å². The number of rotatable bonds is 5. The normalized spacial score (nSPS) is 15.5. The number of carbonyl (C=O) groups excluding carboxylic acids is 1. The Labute approximate surface area is 134 Å². The number of unbranched alkanes of at least 4 members (excludes halogenated alkanes) is 1. The third-order valence-electron chi connectivity index (χ3n) is 3.58. The SMILES string of the molecule is O=C(CCCCBr)N1CCN(c2cccc(Cl)c2)CC1. The molecule has 0 atom stereocenters. The van der Waals surface area contributed by atoms with Crippen molar-refractivity contribution in [3.05, 3.63) is 29.3 Å². The lowest BCUT2D eigenvalue weighted by atomic mass is 10.2. The third-order valence-corrected chi connectivity index (χ3v) is 4.38. The Morgan fingerprint density at radius 3 is 2.60 bits per heavy atom. The van der Waals surface area contributed by atoms with E-state index in [0.29, 0.717) is 6.42 Å².